The van der Waals surface area contributed by atoms with Crippen LogP contribution in [0.2, 0.25) is 0 Å². The molecule has 3 fully saturated rings. The number of hydrogen-bond donors (Lipinski definition) is 2. The number of fused-ring (bicyclic) bond motifs is 1. The van der Waals surface area contributed by atoms with E-state index in [1.54, 1.807) is 36.3 Å². The number of hydrogen-bond acceptors (Lipinski definition) is 5. The monoisotopic (exact) mass is 585 g/mol. The van der Waals surface area contributed by atoms with Gasteiger partial charge in [-0.2, -0.15) is 0 Å². The predicted octanol–water partition coefficient (Wildman–Crippen LogP) is 4.75. The van der Waals surface area contributed by atoms with E-state index < -0.39 is 29.6 Å². The summed E-state index contributed by atoms with van der Waals surface area (Å²) in [6.45, 7) is 6.45. The number of amides is 3. The topological polar surface area (TPSA) is 97.0 Å². The van der Waals surface area contributed by atoms with Gasteiger partial charge in [-0.1, -0.05) is 69.2 Å². The molecule has 0 radical (unpaired) electrons. The maximum Gasteiger partial charge on any atom is 0.246 e. The molecule has 3 heterocycles. The van der Waals surface area contributed by atoms with E-state index in [-0.39, 0.29) is 29.8 Å². The second kappa shape index (κ2) is 11.8. The number of methoxy groups -OCH3 is 1. The smallest absolute Gasteiger partial charge is 0.246 e. The molecule has 2 N–H and O–H groups in total. The molecule has 4 aliphatic rings. The SMILES string of the molecule is COc1ccc(NC(=O)C2C3C=CC4(O3)C2C(=O)N(C(C)CCc2ccccc2)C4C(=O)NC2CCCC(C)C2C)cc1. The Balaban J connectivity index is 1.29. The van der Waals surface area contributed by atoms with Crippen molar-refractivity contribution < 1.29 is 23.9 Å². The molecule has 2 aromatic carbocycles. The van der Waals surface area contributed by atoms with Gasteiger partial charge in [-0.15, -0.1) is 0 Å². The minimum Gasteiger partial charge on any atom is -0.497 e. The fourth-order valence-corrected chi connectivity index (χ4v) is 7.79. The van der Waals surface area contributed by atoms with Crippen LogP contribution in [0.15, 0.2) is 66.7 Å². The average Bonchev–Trinajstić information content (AvgIpc) is 3.66. The van der Waals surface area contributed by atoms with Gasteiger partial charge in [-0.05, 0) is 67.9 Å². The Hall–Kier alpha value is -3.65. The first-order chi connectivity index (χ1) is 20.7. The molecule has 9 atom stereocenters. The lowest BCUT2D eigenvalue weighted by Gasteiger charge is -2.39. The molecule has 3 amide bonds. The van der Waals surface area contributed by atoms with E-state index in [2.05, 4.69) is 36.6 Å². The Morgan fingerprint density at radius 3 is 2.53 bits per heavy atom. The van der Waals surface area contributed by atoms with Crippen molar-refractivity contribution >= 4 is 23.4 Å². The van der Waals surface area contributed by atoms with Gasteiger partial charge in [0.1, 0.15) is 17.4 Å². The standard InChI is InChI=1S/C35H43N3O5/c1-21-9-8-12-27(23(21)3)37-33(40)31-35-20-19-28(43-35)29(32(39)36-25-15-17-26(42-4)18-16-25)30(35)34(41)38(31)22(2)13-14-24-10-6-5-7-11-24/h5-7,10-11,15-23,27-31H,8-9,12-14H2,1-4H3,(H,36,39)(H,37,40). The normalized spacial score (nSPS) is 33.3. The van der Waals surface area contributed by atoms with Crippen LogP contribution in [0.3, 0.4) is 0 Å². The molecule has 43 heavy (non-hydrogen) atoms. The zero-order valence-corrected chi connectivity index (χ0v) is 25.5. The van der Waals surface area contributed by atoms with E-state index in [0.717, 1.165) is 25.7 Å². The summed E-state index contributed by atoms with van der Waals surface area (Å²) in [7, 11) is 1.59. The highest BCUT2D eigenvalue weighted by atomic mass is 16.5. The van der Waals surface area contributed by atoms with Gasteiger partial charge in [0, 0.05) is 17.8 Å². The van der Waals surface area contributed by atoms with E-state index >= 15 is 0 Å². The van der Waals surface area contributed by atoms with Crippen LogP contribution in [0.1, 0.15) is 52.0 Å². The van der Waals surface area contributed by atoms with Crippen LogP contribution < -0.4 is 15.4 Å². The largest absolute Gasteiger partial charge is 0.497 e. The first kappa shape index (κ1) is 29.4. The molecular formula is C35H43N3O5. The molecule has 9 unspecified atom stereocenters. The molecule has 0 aromatic heterocycles. The third-order valence-corrected chi connectivity index (χ3v) is 10.4. The average molecular weight is 586 g/mol. The zero-order valence-electron chi connectivity index (χ0n) is 25.5. The number of aryl methyl sites for hydroxylation is 1. The van der Waals surface area contributed by atoms with Crippen molar-refractivity contribution in [1.29, 1.82) is 0 Å². The number of likely N-dealkylation sites (tertiary alicyclic amines) is 1. The van der Waals surface area contributed by atoms with Crippen LogP contribution in [-0.2, 0) is 25.5 Å². The van der Waals surface area contributed by atoms with E-state index in [9.17, 15) is 14.4 Å². The number of nitrogens with one attached hydrogen (secondary N) is 2. The van der Waals surface area contributed by atoms with Crippen molar-refractivity contribution in [3.8, 4) is 5.75 Å². The van der Waals surface area contributed by atoms with Crippen LogP contribution in [0, 0.1) is 23.7 Å². The quantitative estimate of drug-likeness (QED) is 0.414. The van der Waals surface area contributed by atoms with Gasteiger partial charge >= 0.3 is 0 Å². The van der Waals surface area contributed by atoms with Gasteiger partial charge in [0.05, 0.1) is 25.0 Å². The summed E-state index contributed by atoms with van der Waals surface area (Å²) in [4.78, 5) is 44.3. The Bertz CT molecular complexity index is 1380. The van der Waals surface area contributed by atoms with Gasteiger partial charge in [0.25, 0.3) is 0 Å². The number of benzene rings is 2. The van der Waals surface area contributed by atoms with Crippen molar-refractivity contribution in [3.63, 3.8) is 0 Å². The number of rotatable bonds is 9. The van der Waals surface area contributed by atoms with Crippen molar-refractivity contribution in [3.05, 3.63) is 72.3 Å². The van der Waals surface area contributed by atoms with Gasteiger partial charge in [-0.3, -0.25) is 14.4 Å². The summed E-state index contributed by atoms with van der Waals surface area (Å²) in [6, 6.07) is 16.2. The lowest BCUT2D eigenvalue weighted by atomic mass is 9.73. The zero-order chi connectivity index (χ0) is 30.3. The molecule has 1 saturated carbocycles. The number of carbonyl (C=O) groups excluding carboxylic acids is 3. The minimum absolute atomic E-state index is 0.0417. The minimum atomic E-state index is -1.18. The van der Waals surface area contributed by atoms with Crippen molar-refractivity contribution in [2.45, 2.75) is 82.7 Å². The maximum absolute atomic E-state index is 14.4. The Morgan fingerprint density at radius 1 is 1.07 bits per heavy atom. The fourth-order valence-electron chi connectivity index (χ4n) is 7.79. The third kappa shape index (κ3) is 5.24. The Labute approximate surface area is 254 Å². The molecule has 2 aromatic rings. The predicted molar refractivity (Wildman–Crippen MR) is 164 cm³/mol. The summed E-state index contributed by atoms with van der Waals surface area (Å²) < 4.78 is 11.8. The maximum atomic E-state index is 14.4. The Kier molecular flexibility index (Phi) is 8.07. The molecule has 1 spiro atoms. The summed E-state index contributed by atoms with van der Waals surface area (Å²) in [6.07, 6.45) is 7.79. The van der Waals surface area contributed by atoms with Crippen LogP contribution in [-0.4, -0.2) is 59.6 Å². The van der Waals surface area contributed by atoms with Gasteiger partial charge in [0.15, 0.2) is 0 Å². The molecular weight excluding hydrogens is 542 g/mol. The number of ether oxygens (including phenoxy) is 2. The highest BCUT2D eigenvalue weighted by Crippen LogP contribution is 2.56. The molecule has 6 rings (SSSR count). The van der Waals surface area contributed by atoms with E-state index in [4.69, 9.17) is 9.47 Å². The number of carbonyl (C=O) groups is 3. The van der Waals surface area contributed by atoms with Gasteiger partial charge < -0.3 is 25.0 Å². The van der Waals surface area contributed by atoms with E-state index in [1.807, 2.05) is 37.3 Å². The molecule has 2 saturated heterocycles. The second-order valence-corrected chi connectivity index (χ2v) is 12.9. The van der Waals surface area contributed by atoms with Crippen molar-refractivity contribution in [1.82, 2.24) is 10.2 Å². The number of anilines is 1. The summed E-state index contributed by atoms with van der Waals surface area (Å²) in [5.74, 6) is -0.639. The van der Waals surface area contributed by atoms with Crippen LogP contribution in [0.5, 0.6) is 5.75 Å². The van der Waals surface area contributed by atoms with Gasteiger partial charge in [-0.25, -0.2) is 0 Å². The lowest BCUT2D eigenvalue weighted by Crippen LogP contribution is -2.59. The van der Waals surface area contributed by atoms with Crippen LogP contribution >= 0.6 is 0 Å². The first-order valence-electron chi connectivity index (χ1n) is 15.7. The summed E-state index contributed by atoms with van der Waals surface area (Å²) in [5.41, 5.74) is 0.609. The summed E-state index contributed by atoms with van der Waals surface area (Å²) >= 11 is 0. The van der Waals surface area contributed by atoms with Crippen LogP contribution in [0.25, 0.3) is 0 Å². The molecule has 3 aliphatic heterocycles. The molecule has 8 heteroatoms. The molecule has 2 bridgehead atoms. The fraction of sp³-hybridized carbons (Fsp3) is 0.514. The van der Waals surface area contributed by atoms with Gasteiger partial charge in [0.2, 0.25) is 17.7 Å². The highest BCUT2D eigenvalue weighted by Gasteiger charge is 2.73. The van der Waals surface area contributed by atoms with Crippen molar-refractivity contribution in [2.24, 2.45) is 23.7 Å². The molecule has 1 aliphatic carbocycles. The Morgan fingerprint density at radius 2 is 1.81 bits per heavy atom. The molecule has 8 nitrogen and oxygen atoms in total. The number of nitrogens with zero attached hydrogens (tertiary/aromatic N) is 1. The van der Waals surface area contributed by atoms with E-state index in [1.165, 1.54) is 5.56 Å². The summed E-state index contributed by atoms with van der Waals surface area (Å²) in [5, 5.41) is 6.33. The second-order valence-electron chi connectivity index (χ2n) is 12.9. The first-order valence-corrected chi connectivity index (χ1v) is 15.7. The highest BCUT2D eigenvalue weighted by molar-refractivity contribution is 6.03. The van der Waals surface area contributed by atoms with Crippen molar-refractivity contribution in [2.75, 3.05) is 12.4 Å². The van der Waals surface area contributed by atoms with E-state index in [0.29, 0.717) is 29.7 Å². The lowest BCUT2D eigenvalue weighted by molar-refractivity contribution is -0.144. The third-order valence-electron chi connectivity index (χ3n) is 10.4. The molecule has 228 valence electrons. The van der Waals surface area contributed by atoms with Crippen LogP contribution in [0.4, 0.5) is 5.69 Å².